The molecule has 0 spiro atoms. The lowest BCUT2D eigenvalue weighted by Crippen LogP contribution is -2.16. The Morgan fingerprint density at radius 3 is 2.56 bits per heavy atom. The molecule has 0 saturated carbocycles. The molecular formula is C14H14Cl2N2. The first-order valence-electron chi connectivity index (χ1n) is 5.57. The van der Waals surface area contributed by atoms with Crippen molar-refractivity contribution >= 4 is 34.6 Å². The maximum absolute atomic E-state index is 6.17. The van der Waals surface area contributed by atoms with Crippen LogP contribution < -0.4 is 10.6 Å². The Hall–Kier alpha value is -1.38. The van der Waals surface area contributed by atoms with Gasteiger partial charge in [-0.25, -0.2) is 0 Å². The fraction of sp³-hybridized carbons (Fsp3) is 0.143. The lowest BCUT2D eigenvalue weighted by Gasteiger charge is -2.20. The summed E-state index contributed by atoms with van der Waals surface area (Å²) in [5.41, 5.74) is 8.56. The predicted octanol–water partition coefficient (Wildman–Crippen LogP) is 4.21. The first-order chi connectivity index (χ1) is 8.58. The van der Waals surface area contributed by atoms with Crippen molar-refractivity contribution in [3.05, 3.63) is 58.1 Å². The molecule has 0 heterocycles. The largest absolute Gasteiger partial charge is 0.399 e. The van der Waals surface area contributed by atoms with E-state index in [2.05, 4.69) is 4.90 Å². The minimum absolute atomic E-state index is 0.579. The summed E-state index contributed by atoms with van der Waals surface area (Å²) < 4.78 is 0. The molecule has 0 aliphatic heterocycles. The monoisotopic (exact) mass is 280 g/mol. The van der Waals surface area contributed by atoms with E-state index in [-0.39, 0.29) is 0 Å². The summed E-state index contributed by atoms with van der Waals surface area (Å²) in [6, 6.07) is 13.4. The number of halogens is 2. The molecule has 0 bridgehead atoms. The van der Waals surface area contributed by atoms with Crippen LogP contribution in [0.2, 0.25) is 10.0 Å². The van der Waals surface area contributed by atoms with Gasteiger partial charge < -0.3 is 10.6 Å². The average Bonchev–Trinajstić information content (AvgIpc) is 2.35. The van der Waals surface area contributed by atoms with E-state index in [0.717, 1.165) is 16.9 Å². The smallest absolute Gasteiger partial charge is 0.0642 e. The third-order valence-electron chi connectivity index (χ3n) is 2.75. The Balaban J connectivity index is 2.21. The number of hydrogen-bond donors (Lipinski definition) is 1. The van der Waals surface area contributed by atoms with Crippen LogP contribution in [0, 0.1) is 0 Å². The molecule has 2 N–H and O–H groups in total. The fourth-order valence-corrected chi connectivity index (χ4v) is 2.16. The second kappa shape index (κ2) is 5.51. The van der Waals surface area contributed by atoms with Gasteiger partial charge in [-0.05, 0) is 29.8 Å². The van der Waals surface area contributed by atoms with Gasteiger partial charge in [-0.1, -0.05) is 41.4 Å². The summed E-state index contributed by atoms with van der Waals surface area (Å²) in [6.07, 6.45) is 0. The van der Waals surface area contributed by atoms with Gasteiger partial charge in [0.25, 0.3) is 0 Å². The summed E-state index contributed by atoms with van der Waals surface area (Å²) in [5.74, 6) is 0. The van der Waals surface area contributed by atoms with Crippen molar-refractivity contribution in [1.29, 1.82) is 0 Å². The van der Waals surface area contributed by atoms with Gasteiger partial charge in [-0.15, -0.1) is 0 Å². The van der Waals surface area contributed by atoms with Crippen LogP contribution in [0.25, 0.3) is 0 Å². The predicted molar refractivity (Wildman–Crippen MR) is 79.4 cm³/mol. The first-order valence-corrected chi connectivity index (χ1v) is 6.33. The number of rotatable bonds is 3. The van der Waals surface area contributed by atoms with Crippen LogP contribution in [0.15, 0.2) is 42.5 Å². The number of nitrogen functional groups attached to an aromatic ring is 1. The molecule has 0 aliphatic carbocycles. The lowest BCUT2D eigenvalue weighted by molar-refractivity contribution is 0.924. The van der Waals surface area contributed by atoms with Crippen molar-refractivity contribution in [3.8, 4) is 0 Å². The van der Waals surface area contributed by atoms with E-state index < -0.39 is 0 Å². The van der Waals surface area contributed by atoms with Crippen molar-refractivity contribution in [3.63, 3.8) is 0 Å². The molecule has 0 atom stereocenters. The van der Waals surface area contributed by atoms with Gasteiger partial charge in [0.15, 0.2) is 0 Å². The third-order valence-corrected chi connectivity index (χ3v) is 3.61. The van der Waals surface area contributed by atoms with Crippen LogP contribution in [0.4, 0.5) is 11.4 Å². The molecule has 0 radical (unpaired) electrons. The van der Waals surface area contributed by atoms with E-state index in [0.29, 0.717) is 16.6 Å². The highest BCUT2D eigenvalue weighted by molar-refractivity contribution is 6.42. The molecule has 0 aliphatic rings. The first kappa shape index (κ1) is 13.1. The molecule has 0 amide bonds. The normalized spacial score (nSPS) is 10.4. The zero-order valence-corrected chi connectivity index (χ0v) is 11.5. The maximum Gasteiger partial charge on any atom is 0.0642 e. The second-order valence-electron chi connectivity index (χ2n) is 4.16. The van der Waals surface area contributed by atoms with Gasteiger partial charge in [-0.3, -0.25) is 0 Å². The summed E-state index contributed by atoms with van der Waals surface area (Å²) >= 11 is 12.2. The molecule has 2 aromatic carbocycles. The Bertz CT molecular complexity index is 555. The molecule has 4 heteroatoms. The van der Waals surface area contributed by atoms with E-state index in [1.165, 1.54) is 0 Å². The average molecular weight is 281 g/mol. The van der Waals surface area contributed by atoms with Crippen molar-refractivity contribution in [2.24, 2.45) is 0 Å². The lowest BCUT2D eigenvalue weighted by atomic mass is 10.2. The number of hydrogen-bond acceptors (Lipinski definition) is 2. The van der Waals surface area contributed by atoms with E-state index in [9.17, 15) is 0 Å². The van der Waals surface area contributed by atoms with Crippen molar-refractivity contribution < 1.29 is 0 Å². The zero-order valence-electron chi connectivity index (χ0n) is 10.0. The molecular weight excluding hydrogens is 267 g/mol. The summed E-state index contributed by atoms with van der Waals surface area (Å²) in [7, 11) is 1.99. The Labute approximate surface area is 117 Å². The van der Waals surface area contributed by atoms with Crippen LogP contribution in [0.5, 0.6) is 0 Å². The quantitative estimate of drug-likeness (QED) is 0.854. The molecule has 2 rings (SSSR count). The topological polar surface area (TPSA) is 29.3 Å². The van der Waals surface area contributed by atoms with Crippen LogP contribution in [0.3, 0.4) is 0 Å². The van der Waals surface area contributed by atoms with Crippen molar-refractivity contribution in [2.45, 2.75) is 6.54 Å². The SMILES string of the molecule is CN(Cc1cccc(Cl)c1Cl)c1cccc(N)c1. The molecule has 2 nitrogen and oxygen atoms in total. The molecule has 0 unspecified atom stereocenters. The van der Waals surface area contributed by atoms with Gasteiger partial charge >= 0.3 is 0 Å². The van der Waals surface area contributed by atoms with Gasteiger partial charge in [0.05, 0.1) is 10.0 Å². The zero-order chi connectivity index (χ0) is 13.1. The Morgan fingerprint density at radius 2 is 1.83 bits per heavy atom. The minimum Gasteiger partial charge on any atom is -0.399 e. The van der Waals surface area contributed by atoms with Crippen LogP contribution in [-0.2, 0) is 6.54 Å². The number of nitrogens with zero attached hydrogens (tertiary/aromatic N) is 1. The molecule has 94 valence electrons. The maximum atomic E-state index is 6.17. The van der Waals surface area contributed by atoms with Gasteiger partial charge in [0, 0.05) is 25.0 Å². The summed E-state index contributed by atoms with van der Waals surface area (Å²) in [5, 5.41) is 1.19. The highest BCUT2D eigenvalue weighted by Gasteiger charge is 2.08. The highest BCUT2D eigenvalue weighted by atomic mass is 35.5. The molecule has 0 saturated heterocycles. The third kappa shape index (κ3) is 2.89. The van der Waals surface area contributed by atoms with Crippen molar-refractivity contribution in [1.82, 2.24) is 0 Å². The van der Waals surface area contributed by atoms with Crippen LogP contribution in [-0.4, -0.2) is 7.05 Å². The standard InChI is InChI=1S/C14H14Cl2N2/c1-18(12-6-3-5-11(17)8-12)9-10-4-2-7-13(15)14(10)16/h2-8H,9,17H2,1H3. The van der Waals surface area contributed by atoms with Crippen LogP contribution >= 0.6 is 23.2 Å². The molecule has 2 aromatic rings. The van der Waals surface area contributed by atoms with Crippen molar-refractivity contribution in [2.75, 3.05) is 17.7 Å². The highest BCUT2D eigenvalue weighted by Crippen LogP contribution is 2.27. The van der Waals surface area contributed by atoms with Gasteiger partial charge in [0.1, 0.15) is 0 Å². The molecule has 0 aromatic heterocycles. The summed E-state index contributed by atoms with van der Waals surface area (Å²) in [4.78, 5) is 2.08. The van der Waals surface area contributed by atoms with Gasteiger partial charge in [0.2, 0.25) is 0 Å². The fourth-order valence-electron chi connectivity index (χ4n) is 1.78. The summed E-state index contributed by atoms with van der Waals surface area (Å²) in [6.45, 7) is 0.683. The van der Waals surface area contributed by atoms with E-state index in [1.807, 2.05) is 43.4 Å². The van der Waals surface area contributed by atoms with Gasteiger partial charge in [-0.2, -0.15) is 0 Å². The second-order valence-corrected chi connectivity index (χ2v) is 4.95. The Kier molecular flexibility index (Phi) is 4.00. The Morgan fingerprint density at radius 1 is 1.11 bits per heavy atom. The van der Waals surface area contributed by atoms with E-state index >= 15 is 0 Å². The van der Waals surface area contributed by atoms with Crippen LogP contribution in [0.1, 0.15) is 5.56 Å². The number of nitrogens with two attached hydrogens (primary N) is 1. The molecule has 18 heavy (non-hydrogen) atoms. The van der Waals surface area contributed by atoms with E-state index in [1.54, 1.807) is 6.07 Å². The number of benzene rings is 2. The minimum atomic E-state index is 0.579. The van der Waals surface area contributed by atoms with E-state index in [4.69, 9.17) is 28.9 Å². The molecule has 0 fully saturated rings. The number of anilines is 2.